The fourth-order valence-corrected chi connectivity index (χ4v) is 3.95. The van der Waals surface area contributed by atoms with Gasteiger partial charge < -0.3 is 14.5 Å². The lowest BCUT2D eigenvalue weighted by molar-refractivity contribution is 0.0898. The minimum atomic E-state index is -0.451. The minimum absolute atomic E-state index is 0.0115. The number of benzene rings is 2. The number of ketones is 1. The normalized spacial score (nSPS) is 14.9. The number of amides is 1. The van der Waals surface area contributed by atoms with Crippen LogP contribution in [0.25, 0.3) is 0 Å². The maximum absolute atomic E-state index is 13.0. The molecule has 154 valence electrons. The van der Waals surface area contributed by atoms with Gasteiger partial charge in [0.15, 0.2) is 17.3 Å². The van der Waals surface area contributed by atoms with E-state index in [2.05, 4.69) is 5.32 Å². The Morgan fingerprint density at radius 1 is 1.13 bits per heavy atom. The summed E-state index contributed by atoms with van der Waals surface area (Å²) in [6.07, 6.45) is 1.05. The van der Waals surface area contributed by atoms with Gasteiger partial charge >= 0.3 is 0 Å². The number of carbonyl (C=O) groups excluding carboxylic acids is 2. The van der Waals surface area contributed by atoms with Crippen LogP contribution in [0.5, 0.6) is 11.5 Å². The third kappa shape index (κ3) is 3.98. The predicted molar refractivity (Wildman–Crippen MR) is 116 cm³/mol. The lowest BCUT2D eigenvalue weighted by Crippen LogP contribution is -2.26. The number of nitrogens with one attached hydrogen (secondary N) is 1. The Morgan fingerprint density at radius 3 is 2.60 bits per heavy atom. The molecule has 1 heterocycles. The zero-order valence-corrected chi connectivity index (χ0v) is 17.8. The molecule has 0 saturated carbocycles. The van der Waals surface area contributed by atoms with E-state index >= 15 is 0 Å². The topological polar surface area (TPSA) is 68.5 Å². The molecule has 0 fully saturated rings. The van der Waals surface area contributed by atoms with Crippen molar-refractivity contribution in [1.82, 2.24) is 0 Å². The lowest BCUT2D eigenvalue weighted by Gasteiger charge is -2.27. The van der Waals surface area contributed by atoms with Crippen LogP contribution in [0.15, 0.2) is 52.9 Å². The molecule has 2 aromatic carbocycles. The Morgan fingerprint density at radius 2 is 1.87 bits per heavy atom. The average molecular weight is 424 g/mol. The molecule has 4 rings (SSSR count). The van der Waals surface area contributed by atoms with Gasteiger partial charge in [0, 0.05) is 23.4 Å². The van der Waals surface area contributed by atoms with Crippen molar-refractivity contribution in [2.75, 3.05) is 5.32 Å². The van der Waals surface area contributed by atoms with Crippen molar-refractivity contribution in [2.45, 2.75) is 33.6 Å². The van der Waals surface area contributed by atoms with Gasteiger partial charge in [-0.05, 0) is 42.7 Å². The van der Waals surface area contributed by atoms with Crippen LogP contribution in [0, 0.1) is 12.3 Å². The first-order chi connectivity index (χ1) is 14.2. The van der Waals surface area contributed by atoms with Crippen LogP contribution < -0.4 is 10.1 Å². The Bertz CT molecular complexity index is 1130. The Hall–Kier alpha value is -3.05. The Labute approximate surface area is 180 Å². The van der Waals surface area contributed by atoms with Crippen molar-refractivity contribution in [3.05, 3.63) is 76.2 Å². The van der Waals surface area contributed by atoms with Crippen molar-refractivity contribution >= 4 is 29.0 Å². The number of anilines is 1. The quantitative estimate of drug-likeness (QED) is 0.524. The van der Waals surface area contributed by atoms with E-state index in [1.54, 1.807) is 25.1 Å². The van der Waals surface area contributed by atoms with Crippen molar-refractivity contribution in [2.24, 2.45) is 5.41 Å². The first-order valence-electron chi connectivity index (χ1n) is 9.73. The van der Waals surface area contributed by atoms with Crippen LogP contribution in [-0.4, -0.2) is 11.7 Å². The maximum atomic E-state index is 13.0. The van der Waals surface area contributed by atoms with E-state index in [1.807, 2.05) is 44.2 Å². The molecule has 30 heavy (non-hydrogen) atoms. The molecular formula is C24H22ClNO4. The van der Waals surface area contributed by atoms with Gasteiger partial charge in [0.1, 0.15) is 11.5 Å². The largest absolute Gasteiger partial charge is 0.455 e. The molecule has 1 aliphatic rings. The summed E-state index contributed by atoms with van der Waals surface area (Å²) in [4.78, 5) is 25.6. The molecule has 1 amide bonds. The molecule has 5 nitrogen and oxygen atoms in total. The van der Waals surface area contributed by atoms with Gasteiger partial charge in [0.25, 0.3) is 5.91 Å². The minimum Gasteiger partial charge on any atom is -0.455 e. The number of ether oxygens (including phenoxy) is 1. The number of rotatable bonds is 4. The zero-order chi connectivity index (χ0) is 21.5. The summed E-state index contributed by atoms with van der Waals surface area (Å²) in [5, 5.41) is 3.28. The van der Waals surface area contributed by atoms with Gasteiger partial charge in [-0.3, -0.25) is 9.59 Å². The Balaban J connectivity index is 1.64. The van der Waals surface area contributed by atoms with Crippen molar-refractivity contribution in [1.29, 1.82) is 0 Å². The van der Waals surface area contributed by atoms with Gasteiger partial charge in [-0.25, -0.2) is 0 Å². The fourth-order valence-electron chi connectivity index (χ4n) is 3.78. The standard InChI is InChI=1S/C24H22ClNO4/c1-14-21-18(27)12-24(2,3)13-20(21)30-22(14)23(28)26-17-11-15(25)9-10-19(17)29-16-7-5-4-6-8-16/h4-11H,12-13H2,1-3H3,(H,26,28). The molecule has 0 unspecified atom stereocenters. The van der Waals surface area contributed by atoms with E-state index in [9.17, 15) is 9.59 Å². The molecule has 1 N–H and O–H groups in total. The lowest BCUT2D eigenvalue weighted by atomic mass is 9.76. The molecular weight excluding hydrogens is 402 g/mol. The van der Waals surface area contributed by atoms with Crippen LogP contribution in [-0.2, 0) is 6.42 Å². The number of carbonyl (C=O) groups is 2. The number of halogens is 1. The maximum Gasteiger partial charge on any atom is 0.291 e. The van der Waals surface area contributed by atoms with Gasteiger partial charge in [-0.2, -0.15) is 0 Å². The van der Waals surface area contributed by atoms with E-state index in [0.717, 1.165) is 0 Å². The third-order valence-electron chi connectivity index (χ3n) is 5.14. The highest BCUT2D eigenvalue weighted by Gasteiger charge is 2.37. The molecule has 3 aromatic rings. The summed E-state index contributed by atoms with van der Waals surface area (Å²) in [7, 11) is 0. The summed E-state index contributed by atoms with van der Waals surface area (Å²) >= 11 is 6.14. The molecule has 0 aliphatic heterocycles. The zero-order valence-electron chi connectivity index (χ0n) is 17.0. The SMILES string of the molecule is Cc1c(C(=O)Nc2cc(Cl)ccc2Oc2ccccc2)oc2c1C(=O)CC(C)(C)C2. The fraction of sp³-hybridized carbons (Fsp3) is 0.250. The number of hydrogen-bond acceptors (Lipinski definition) is 4. The molecule has 0 radical (unpaired) electrons. The van der Waals surface area contributed by atoms with E-state index in [1.165, 1.54) is 0 Å². The van der Waals surface area contributed by atoms with Crippen molar-refractivity contribution in [3.8, 4) is 11.5 Å². The summed E-state index contributed by atoms with van der Waals surface area (Å²) in [5.41, 5.74) is 1.32. The van der Waals surface area contributed by atoms with E-state index in [4.69, 9.17) is 20.8 Å². The van der Waals surface area contributed by atoms with Gasteiger partial charge in [0.2, 0.25) is 0 Å². The smallest absolute Gasteiger partial charge is 0.291 e. The first-order valence-corrected chi connectivity index (χ1v) is 10.1. The van der Waals surface area contributed by atoms with Crippen LogP contribution in [0.4, 0.5) is 5.69 Å². The van der Waals surface area contributed by atoms with Gasteiger partial charge in [0.05, 0.1) is 11.3 Å². The van der Waals surface area contributed by atoms with Crippen LogP contribution in [0.1, 0.15) is 52.5 Å². The summed E-state index contributed by atoms with van der Waals surface area (Å²) in [6, 6.07) is 14.2. The van der Waals surface area contributed by atoms with Gasteiger partial charge in [-0.15, -0.1) is 0 Å². The second-order valence-electron chi connectivity index (χ2n) is 8.31. The highest BCUT2D eigenvalue weighted by atomic mass is 35.5. The van der Waals surface area contributed by atoms with E-state index in [-0.39, 0.29) is 17.0 Å². The predicted octanol–water partition coefficient (Wildman–Crippen LogP) is 6.44. The summed E-state index contributed by atoms with van der Waals surface area (Å²) in [5.74, 6) is 1.35. The number of Topliss-reactive ketones (excluding diaryl/α,β-unsaturated/α-hetero) is 1. The second kappa shape index (κ2) is 7.65. The monoisotopic (exact) mass is 423 g/mol. The van der Waals surface area contributed by atoms with Crippen LogP contribution in [0.2, 0.25) is 5.02 Å². The highest BCUT2D eigenvalue weighted by Crippen LogP contribution is 2.39. The number of para-hydroxylation sites is 1. The first kappa shape index (κ1) is 20.2. The Kier molecular flexibility index (Phi) is 5.16. The molecule has 1 aromatic heterocycles. The second-order valence-corrected chi connectivity index (χ2v) is 8.74. The molecule has 0 bridgehead atoms. The number of fused-ring (bicyclic) bond motifs is 1. The summed E-state index contributed by atoms with van der Waals surface area (Å²) in [6.45, 7) is 5.78. The molecule has 0 spiro atoms. The van der Waals surface area contributed by atoms with E-state index < -0.39 is 5.91 Å². The number of furan rings is 1. The molecule has 0 atom stereocenters. The van der Waals surface area contributed by atoms with Crippen molar-refractivity contribution in [3.63, 3.8) is 0 Å². The van der Waals surface area contributed by atoms with Crippen LogP contribution in [0.3, 0.4) is 0 Å². The summed E-state index contributed by atoms with van der Waals surface area (Å²) < 4.78 is 11.8. The molecule has 6 heteroatoms. The molecule has 1 aliphatic carbocycles. The molecule has 0 saturated heterocycles. The van der Waals surface area contributed by atoms with Crippen molar-refractivity contribution < 1.29 is 18.7 Å². The van der Waals surface area contributed by atoms with Gasteiger partial charge in [-0.1, -0.05) is 43.6 Å². The highest BCUT2D eigenvalue weighted by molar-refractivity contribution is 6.31. The van der Waals surface area contributed by atoms with E-state index in [0.29, 0.717) is 51.9 Å². The number of hydrogen-bond donors (Lipinski definition) is 1. The third-order valence-corrected chi connectivity index (χ3v) is 5.38. The average Bonchev–Trinajstić information content (AvgIpc) is 3.00. The van der Waals surface area contributed by atoms with Crippen LogP contribution >= 0.6 is 11.6 Å².